The standard InChI is InChI=1S/C14H25N3O3S/c1-9(11-15-12(17-20-11)13(2,3)4)21(19)8-10(18)16-14(5,6)7/h9H,8H2,1-7H3,(H,16,18)/t9-,21-/m0/s1. The Labute approximate surface area is 128 Å². The number of carbonyl (C=O) groups is 1. The molecule has 1 heterocycles. The molecular weight excluding hydrogens is 290 g/mol. The Morgan fingerprint density at radius 2 is 1.86 bits per heavy atom. The summed E-state index contributed by atoms with van der Waals surface area (Å²) in [6, 6.07) is 0. The van der Waals surface area contributed by atoms with Gasteiger partial charge < -0.3 is 9.84 Å². The second kappa shape index (κ2) is 6.25. The fourth-order valence-electron chi connectivity index (χ4n) is 1.53. The second-order valence-electron chi connectivity index (χ2n) is 7.17. The molecule has 1 N–H and O–H groups in total. The molecule has 0 unspecified atom stereocenters. The molecule has 0 aliphatic carbocycles. The van der Waals surface area contributed by atoms with Crippen molar-refractivity contribution >= 4 is 16.7 Å². The molecule has 6 nitrogen and oxygen atoms in total. The van der Waals surface area contributed by atoms with Crippen LogP contribution in [0.3, 0.4) is 0 Å². The number of rotatable bonds is 4. The first-order chi connectivity index (χ1) is 9.40. The lowest BCUT2D eigenvalue weighted by atomic mass is 9.96. The van der Waals surface area contributed by atoms with Gasteiger partial charge in [0.25, 0.3) is 0 Å². The third kappa shape index (κ3) is 5.57. The summed E-state index contributed by atoms with van der Waals surface area (Å²) in [6.07, 6.45) is 0. The summed E-state index contributed by atoms with van der Waals surface area (Å²) in [4.78, 5) is 16.1. The third-order valence-corrected chi connectivity index (χ3v) is 4.18. The SMILES string of the molecule is C[C@@H](c1nc(C(C)(C)C)no1)[S@@](=O)CC(=O)NC(C)(C)C. The molecule has 0 aromatic carbocycles. The van der Waals surface area contributed by atoms with Crippen molar-refractivity contribution in [2.75, 3.05) is 5.75 Å². The Morgan fingerprint density at radius 1 is 1.29 bits per heavy atom. The monoisotopic (exact) mass is 315 g/mol. The first kappa shape index (κ1) is 17.8. The minimum Gasteiger partial charge on any atom is -0.351 e. The van der Waals surface area contributed by atoms with E-state index in [1.807, 2.05) is 41.5 Å². The van der Waals surface area contributed by atoms with Gasteiger partial charge in [0.2, 0.25) is 11.8 Å². The van der Waals surface area contributed by atoms with Crippen LogP contribution in [0.2, 0.25) is 0 Å². The van der Waals surface area contributed by atoms with E-state index in [-0.39, 0.29) is 22.6 Å². The van der Waals surface area contributed by atoms with Crippen molar-refractivity contribution in [3.05, 3.63) is 11.7 Å². The Kier molecular flexibility index (Phi) is 5.30. The van der Waals surface area contributed by atoms with Crippen molar-refractivity contribution in [2.24, 2.45) is 0 Å². The Bertz CT molecular complexity index is 526. The number of nitrogens with zero attached hydrogens (tertiary/aromatic N) is 2. The Hall–Kier alpha value is -1.24. The van der Waals surface area contributed by atoms with Crippen LogP contribution in [0.5, 0.6) is 0 Å². The van der Waals surface area contributed by atoms with Gasteiger partial charge in [-0.15, -0.1) is 0 Å². The predicted octanol–water partition coefficient (Wildman–Crippen LogP) is 2.09. The lowest BCUT2D eigenvalue weighted by Gasteiger charge is -2.20. The summed E-state index contributed by atoms with van der Waals surface area (Å²) in [7, 11) is -1.40. The molecule has 0 fully saturated rings. The molecule has 0 saturated carbocycles. The van der Waals surface area contributed by atoms with Gasteiger partial charge in [0.15, 0.2) is 5.82 Å². The van der Waals surface area contributed by atoms with Gasteiger partial charge in [0, 0.05) is 21.8 Å². The lowest BCUT2D eigenvalue weighted by molar-refractivity contribution is -0.119. The first-order valence-corrected chi connectivity index (χ1v) is 8.30. The second-order valence-corrected chi connectivity index (χ2v) is 8.93. The minimum atomic E-state index is -1.40. The van der Waals surface area contributed by atoms with E-state index < -0.39 is 16.0 Å². The molecule has 1 aromatic rings. The predicted molar refractivity (Wildman–Crippen MR) is 82.3 cm³/mol. The highest BCUT2D eigenvalue weighted by Gasteiger charge is 2.27. The minimum absolute atomic E-state index is 0.0777. The largest absolute Gasteiger partial charge is 0.351 e. The zero-order valence-corrected chi connectivity index (χ0v) is 14.6. The van der Waals surface area contributed by atoms with Crippen LogP contribution in [0.4, 0.5) is 0 Å². The van der Waals surface area contributed by atoms with Crippen LogP contribution < -0.4 is 5.32 Å². The molecule has 0 aliphatic heterocycles. The average molecular weight is 315 g/mol. The van der Waals surface area contributed by atoms with E-state index in [1.165, 1.54) is 0 Å². The highest BCUT2D eigenvalue weighted by Crippen LogP contribution is 2.23. The van der Waals surface area contributed by atoms with Gasteiger partial charge in [-0.2, -0.15) is 4.98 Å². The topological polar surface area (TPSA) is 85.1 Å². The van der Waals surface area contributed by atoms with E-state index in [0.717, 1.165) is 0 Å². The summed E-state index contributed by atoms with van der Waals surface area (Å²) >= 11 is 0. The Balaban J connectivity index is 2.71. The number of hydrogen-bond donors (Lipinski definition) is 1. The van der Waals surface area contributed by atoms with E-state index >= 15 is 0 Å². The maximum atomic E-state index is 12.2. The van der Waals surface area contributed by atoms with Crippen molar-refractivity contribution in [2.45, 2.75) is 64.7 Å². The van der Waals surface area contributed by atoms with Crippen molar-refractivity contribution in [1.29, 1.82) is 0 Å². The molecule has 120 valence electrons. The van der Waals surface area contributed by atoms with Gasteiger partial charge >= 0.3 is 0 Å². The van der Waals surface area contributed by atoms with E-state index in [1.54, 1.807) is 6.92 Å². The van der Waals surface area contributed by atoms with Crippen molar-refractivity contribution in [3.8, 4) is 0 Å². The van der Waals surface area contributed by atoms with Gasteiger partial charge in [-0.05, 0) is 27.7 Å². The number of aromatic nitrogens is 2. The summed E-state index contributed by atoms with van der Waals surface area (Å²) in [6.45, 7) is 13.3. The fraction of sp³-hybridized carbons (Fsp3) is 0.786. The normalized spacial score (nSPS) is 15.6. The zero-order valence-electron chi connectivity index (χ0n) is 13.8. The highest BCUT2D eigenvalue weighted by molar-refractivity contribution is 7.85. The van der Waals surface area contributed by atoms with Crippen molar-refractivity contribution < 1.29 is 13.5 Å². The zero-order chi connectivity index (χ0) is 16.4. The molecule has 7 heteroatoms. The average Bonchev–Trinajstić information content (AvgIpc) is 2.73. The summed E-state index contributed by atoms with van der Waals surface area (Å²) in [5, 5.41) is 6.22. The Morgan fingerprint density at radius 3 is 2.29 bits per heavy atom. The smallest absolute Gasteiger partial charge is 0.242 e. The van der Waals surface area contributed by atoms with Crippen LogP contribution >= 0.6 is 0 Å². The number of hydrogen-bond acceptors (Lipinski definition) is 5. The fourth-order valence-corrected chi connectivity index (χ4v) is 2.43. The summed E-state index contributed by atoms with van der Waals surface area (Å²) in [5.74, 6) is 0.552. The van der Waals surface area contributed by atoms with E-state index in [2.05, 4.69) is 15.5 Å². The van der Waals surface area contributed by atoms with Crippen LogP contribution in [0, 0.1) is 0 Å². The molecule has 1 rings (SSSR count). The molecule has 0 aliphatic rings. The van der Waals surface area contributed by atoms with Crippen LogP contribution in [0.1, 0.15) is 65.4 Å². The van der Waals surface area contributed by atoms with E-state index in [0.29, 0.717) is 11.7 Å². The van der Waals surface area contributed by atoms with Crippen molar-refractivity contribution in [3.63, 3.8) is 0 Å². The molecule has 0 saturated heterocycles. The number of nitrogens with one attached hydrogen (secondary N) is 1. The summed E-state index contributed by atoms with van der Waals surface area (Å²) < 4.78 is 17.4. The van der Waals surface area contributed by atoms with Crippen LogP contribution in [0.25, 0.3) is 0 Å². The van der Waals surface area contributed by atoms with E-state index in [9.17, 15) is 9.00 Å². The van der Waals surface area contributed by atoms with Gasteiger partial charge in [0.1, 0.15) is 11.0 Å². The molecule has 1 amide bonds. The molecule has 1 aromatic heterocycles. The highest BCUT2D eigenvalue weighted by atomic mass is 32.2. The van der Waals surface area contributed by atoms with Gasteiger partial charge in [-0.25, -0.2) is 0 Å². The molecular formula is C14H25N3O3S. The van der Waals surface area contributed by atoms with E-state index in [4.69, 9.17) is 4.52 Å². The maximum absolute atomic E-state index is 12.2. The van der Waals surface area contributed by atoms with Crippen LogP contribution in [-0.4, -0.2) is 31.5 Å². The van der Waals surface area contributed by atoms with Gasteiger partial charge in [-0.3, -0.25) is 9.00 Å². The molecule has 21 heavy (non-hydrogen) atoms. The number of carbonyl (C=O) groups excluding carboxylic acids is 1. The molecule has 0 bridgehead atoms. The van der Waals surface area contributed by atoms with Gasteiger partial charge in [0.05, 0.1) is 0 Å². The first-order valence-electron chi connectivity index (χ1n) is 6.92. The number of amides is 1. The summed E-state index contributed by atoms with van der Waals surface area (Å²) in [5.41, 5.74) is -0.568. The third-order valence-electron chi connectivity index (χ3n) is 2.64. The van der Waals surface area contributed by atoms with Crippen LogP contribution in [0.15, 0.2) is 4.52 Å². The molecule has 2 atom stereocenters. The molecule has 0 spiro atoms. The van der Waals surface area contributed by atoms with Crippen LogP contribution in [-0.2, 0) is 21.0 Å². The molecule has 0 radical (unpaired) electrons. The van der Waals surface area contributed by atoms with Crippen molar-refractivity contribution in [1.82, 2.24) is 15.5 Å². The van der Waals surface area contributed by atoms with Gasteiger partial charge in [-0.1, -0.05) is 25.9 Å². The quantitative estimate of drug-likeness (QED) is 0.919. The maximum Gasteiger partial charge on any atom is 0.242 e. The lowest BCUT2D eigenvalue weighted by Crippen LogP contribution is -2.43.